The van der Waals surface area contributed by atoms with Crippen molar-refractivity contribution in [3.05, 3.63) is 65.7 Å². The summed E-state index contributed by atoms with van der Waals surface area (Å²) >= 11 is 0. The number of morpholine rings is 1. The summed E-state index contributed by atoms with van der Waals surface area (Å²) in [5.74, 6) is -0.349. The Kier molecular flexibility index (Phi) is 5.46. The van der Waals surface area contributed by atoms with Crippen LogP contribution in [-0.4, -0.2) is 36.0 Å². The van der Waals surface area contributed by atoms with E-state index in [1.165, 1.54) is 0 Å². The Balaban J connectivity index is 1.57. The number of hydrogen-bond donors (Lipinski definition) is 1. The first-order chi connectivity index (χ1) is 12.1. The molecule has 0 saturated carbocycles. The fourth-order valence-corrected chi connectivity index (χ4v) is 2.81. The Morgan fingerprint density at radius 3 is 2.60 bits per heavy atom. The molecule has 1 heterocycles. The van der Waals surface area contributed by atoms with Crippen LogP contribution in [0.15, 0.2) is 54.6 Å². The van der Waals surface area contributed by atoms with Gasteiger partial charge < -0.3 is 15.0 Å². The van der Waals surface area contributed by atoms with Crippen molar-refractivity contribution in [1.29, 1.82) is 0 Å². The molecule has 2 aromatic rings. The number of aryl methyl sites for hydroxylation is 1. The molecule has 0 bridgehead atoms. The minimum atomic E-state index is -0.720. The summed E-state index contributed by atoms with van der Waals surface area (Å²) in [6.45, 7) is 3.52. The largest absolute Gasteiger partial charge is 0.366 e. The number of nitrogens with one attached hydrogen (secondary N) is 1. The molecule has 5 nitrogen and oxygen atoms in total. The maximum atomic E-state index is 12.6. The third kappa shape index (κ3) is 4.67. The normalized spacial score (nSPS) is 17.4. The maximum Gasteiger partial charge on any atom is 0.252 e. The number of carbonyl (C=O) groups is 2. The summed E-state index contributed by atoms with van der Waals surface area (Å²) in [7, 11) is 0. The molecule has 5 heteroatoms. The molecule has 0 aromatic heterocycles. The Hall–Kier alpha value is -2.66. The van der Waals surface area contributed by atoms with E-state index in [9.17, 15) is 9.59 Å². The SMILES string of the molecule is Cc1ccc(NC(=O)C[C@@H]2OCCN(Cc3ccccc3)C2=O)cc1. The van der Waals surface area contributed by atoms with E-state index in [0.29, 0.717) is 19.7 Å². The van der Waals surface area contributed by atoms with Gasteiger partial charge in [0.15, 0.2) is 0 Å². The van der Waals surface area contributed by atoms with Crippen molar-refractivity contribution in [2.75, 3.05) is 18.5 Å². The summed E-state index contributed by atoms with van der Waals surface area (Å²) in [4.78, 5) is 26.6. The fourth-order valence-electron chi connectivity index (χ4n) is 2.81. The van der Waals surface area contributed by atoms with Crippen LogP contribution >= 0.6 is 0 Å². The molecule has 1 atom stereocenters. The first kappa shape index (κ1) is 17.2. The summed E-state index contributed by atoms with van der Waals surface area (Å²) < 4.78 is 5.53. The van der Waals surface area contributed by atoms with Crippen molar-refractivity contribution in [3.8, 4) is 0 Å². The van der Waals surface area contributed by atoms with Gasteiger partial charge in [-0.3, -0.25) is 9.59 Å². The highest BCUT2D eigenvalue weighted by atomic mass is 16.5. The maximum absolute atomic E-state index is 12.6. The molecule has 130 valence electrons. The van der Waals surface area contributed by atoms with E-state index >= 15 is 0 Å². The summed E-state index contributed by atoms with van der Waals surface area (Å²) in [5.41, 5.74) is 2.92. The van der Waals surface area contributed by atoms with Crippen LogP contribution in [0.5, 0.6) is 0 Å². The van der Waals surface area contributed by atoms with Gasteiger partial charge in [-0.15, -0.1) is 0 Å². The van der Waals surface area contributed by atoms with E-state index in [4.69, 9.17) is 4.74 Å². The van der Waals surface area contributed by atoms with Crippen LogP contribution in [0.25, 0.3) is 0 Å². The predicted molar refractivity (Wildman–Crippen MR) is 96.0 cm³/mol. The minimum Gasteiger partial charge on any atom is -0.366 e. The van der Waals surface area contributed by atoms with E-state index in [0.717, 1.165) is 16.8 Å². The highest BCUT2D eigenvalue weighted by Gasteiger charge is 2.31. The number of ether oxygens (including phenoxy) is 1. The number of rotatable bonds is 5. The molecule has 1 N–H and O–H groups in total. The molecule has 0 radical (unpaired) electrons. The van der Waals surface area contributed by atoms with Gasteiger partial charge in [0.1, 0.15) is 6.10 Å². The van der Waals surface area contributed by atoms with Crippen LogP contribution in [0.3, 0.4) is 0 Å². The average Bonchev–Trinajstić information content (AvgIpc) is 2.61. The predicted octanol–water partition coefficient (Wildman–Crippen LogP) is 2.75. The van der Waals surface area contributed by atoms with Gasteiger partial charge in [0, 0.05) is 18.8 Å². The fraction of sp³-hybridized carbons (Fsp3) is 0.300. The van der Waals surface area contributed by atoms with E-state index in [1.807, 2.05) is 61.5 Å². The number of nitrogens with zero attached hydrogens (tertiary/aromatic N) is 1. The molecule has 2 aromatic carbocycles. The standard InChI is InChI=1S/C20H22N2O3/c1-15-7-9-17(10-8-15)21-19(23)13-18-20(24)22(11-12-25-18)14-16-5-3-2-4-6-16/h2-10,18H,11-14H2,1H3,(H,21,23)/t18-/m0/s1. The monoisotopic (exact) mass is 338 g/mol. The first-order valence-electron chi connectivity index (χ1n) is 8.42. The van der Waals surface area contributed by atoms with Gasteiger partial charge in [-0.1, -0.05) is 48.0 Å². The topological polar surface area (TPSA) is 58.6 Å². The number of anilines is 1. The van der Waals surface area contributed by atoms with Gasteiger partial charge in [-0.25, -0.2) is 0 Å². The molecule has 3 rings (SSSR count). The second-order valence-electron chi connectivity index (χ2n) is 6.22. The van der Waals surface area contributed by atoms with Crippen LogP contribution in [0, 0.1) is 6.92 Å². The molecule has 2 amide bonds. The van der Waals surface area contributed by atoms with Gasteiger partial charge in [-0.05, 0) is 24.6 Å². The van der Waals surface area contributed by atoms with E-state index in [-0.39, 0.29) is 18.2 Å². The lowest BCUT2D eigenvalue weighted by molar-refractivity contribution is -0.155. The van der Waals surface area contributed by atoms with Crippen LogP contribution in [-0.2, 0) is 20.9 Å². The molecule has 0 spiro atoms. The van der Waals surface area contributed by atoms with Crippen molar-refractivity contribution in [2.24, 2.45) is 0 Å². The lowest BCUT2D eigenvalue weighted by Crippen LogP contribution is -2.48. The zero-order valence-electron chi connectivity index (χ0n) is 14.3. The van der Waals surface area contributed by atoms with E-state index < -0.39 is 6.10 Å². The van der Waals surface area contributed by atoms with Crippen molar-refractivity contribution >= 4 is 17.5 Å². The van der Waals surface area contributed by atoms with E-state index in [2.05, 4.69) is 5.32 Å². The van der Waals surface area contributed by atoms with Gasteiger partial charge in [-0.2, -0.15) is 0 Å². The molecule has 1 saturated heterocycles. The van der Waals surface area contributed by atoms with Crippen LogP contribution < -0.4 is 5.32 Å². The molecule has 1 fully saturated rings. The summed E-state index contributed by atoms with van der Waals surface area (Å²) in [6.07, 6.45) is -0.694. The molecule has 1 aliphatic heterocycles. The lowest BCUT2D eigenvalue weighted by atomic mass is 10.1. The third-order valence-electron chi connectivity index (χ3n) is 4.19. The Morgan fingerprint density at radius 1 is 1.16 bits per heavy atom. The molecule has 1 aliphatic rings. The highest BCUT2D eigenvalue weighted by molar-refractivity contribution is 5.95. The smallest absolute Gasteiger partial charge is 0.252 e. The first-order valence-corrected chi connectivity index (χ1v) is 8.42. The summed E-state index contributed by atoms with van der Waals surface area (Å²) in [6, 6.07) is 17.4. The third-order valence-corrected chi connectivity index (χ3v) is 4.19. The second-order valence-corrected chi connectivity index (χ2v) is 6.22. The van der Waals surface area contributed by atoms with Crippen molar-refractivity contribution in [1.82, 2.24) is 4.90 Å². The number of hydrogen-bond acceptors (Lipinski definition) is 3. The zero-order chi connectivity index (χ0) is 17.6. The molecule has 0 aliphatic carbocycles. The van der Waals surface area contributed by atoms with Crippen molar-refractivity contribution in [2.45, 2.75) is 26.0 Å². The van der Waals surface area contributed by atoms with Gasteiger partial charge >= 0.3 is 0 Å². The molecular weight excluding hydrogens is 316 g/mol. The molecule has 0 unspecified atom stereocenters. The van der Waals surface area contributed by atoms with Gasteiger partial charge in [0.05, 0.1) is 13.0 Å². The van der Waals surface area contributed by atoms with E-state index in [1.54, 1.807) is 4.90 Å². The van der Waals surface area contributed by atoms with Crippen LogP contribution in [0.4, 0.5) is 5.69 Å². The average molecular weight is 338 g/mol. The van der Waals surface area contributed by atoms with Crippen LogP contribution in [0.2, 0.25) is 0 Å². The number of carbonyl (C=O) groups excluding carboxylic acids is 2. The van der Waals surface area contributed by atoms with Crippen molar-refractivity contribution < 1.29 is 14.3 Å². The minimum absolute atomic E-state index is 0.0258. The summed E-state index contributed by atoms with van der Waals surface area (Å²) in [5, 5.41) is 2.81. The zero-order valence-corrected chi connectivity index (χ0v) is 14.3. The number of benzene rings is 2. The van der Waals surface area contributed by atoms with Gasteiger partial charge in [0.25, 0.3) is 5.91 Å². The Morgan fingerprint density at radius 2 is 1.88 bits per heavy atom. The molecule has 25 heavy (non-hydrogen) atoms. The quantitative estimate of drug-likeness (QED) is 0.912. The lowest BCUT2D eigenvalue weighted by Gasteiger charge is -2.32. The van der Waals surface area contributed by atoms with Gasteiger partial charge in [0.2, 0.25) is 5.91 Å². The second kappa shape index (κ2) is 7.94. The van der Waals surface area contributed by atoms with Crippen molar-refractivity contribution in [3.63, 3.8) is 0 Å². The number of amides is 2. The highest BCUT2D eigenvalue weighted by Crippen LogP contribution is 2.16. The Bertz CT molecular complexity index is 728. The van der Waals surface area contributed by atoms with Crippen LogP contribution in [0.1, 0.15) is 17.5 Å². The Labute approximate surface area is 147 Å². The molecular formula is C20H22N2O3.